The van der Waals surface area contributed by atoms with Crippen molar-refractivity contribution in [1.82, 2.24) is 19.4 Å². The Hall–Kier alpha value is -2.82. The zero-order valence-electron chi connectivity index (χ0n) is 12.2. The molecule has 0 N–H and O–H groups in total. The van der Waals surface area contributed by atoms with Crippen LogP contribution >= 0.6 is 0 Å². The van der Waals surface area contributed by atoms with Crippen LogP contribution in [0.5, 0.6) is 0 Å². The summed E-state index contributed by atoms with van der Waals surface area (Å²) >= 11 is 0. The van der Waals surface area contributed by atoms with Crippen molar-refractivity contribution in [3.8, 4) is 11.4 Å². The first-order chi connectivity index (χ1) is 10.6. The minimum atomic E-state index is -0.286. The molecular formula is C17H13FN4. The normalized spacial score (nSPS) is 11.4. The molecule has 1 aromatic carbocycles. The van der Waals surface area contributed by atoms with Gasteiger partial charge in [-0.25, -0.2) is 14.4 Å². The van der Waals surface area contributed by atoms with Gasteiger partial charge in [-0.2, -0.15) is 0 Å². The van der Waals surface area contributed by atoms with E-state index in [-0.39, 0.29) is 5.82 Å². The molecule has 108 valence electrons. The molecule has 4 nitrogen and oxygen atoms in total. The predicted octanol–water partition coefficient (Wildman–Crippen LogP) is 3.70. The minimum Gasteiger partial charge on any atom is -0.289 e. The Morgan fingerprint density at radius 3 is 2.45 bits per heavy atom. The monoisotopic (exact) mass is 292 g/mol. The number of hydrogen-bond donors (Lipinski definition) is 0. The van der Waals surface area contributed by atoms with Crippen LogP contribution < -0.4 is 0 Å². The summed E-state index contributed by atoms with van der Waals surface area (Å²) in [6, 6.07) is 8.42. The molecule has 0 radical (unpaired) electrons. The zero-order valence-corrected chi connectivity index (χ0v) is 12.2. The van der Waals surface area contributed by atoms with Crippen LogP contribution in [0.15, 0.2) is 42.7 Å². The van der Waals surface area contributed by atoms with Gasteiger partial charge >= 0.3 is 0 Å². The van der Waals surface area contributed by atoms with Gasteiger partial charge < -0.3 is 0 Å². The summed E-state index contributed by atoms with van der Waals surface area (Å²) in [5.41, 5.74) is 5.08. The molecule has 3 aromatic heterocycles. The van der Waals surface area contributed by atoms with Crippen molar-refractivity contribution in [3.05, 3.63) is 59.9 Å². The van der Waals surface area contributed by atoms with E-state index in [0.29, 0.717) is 5.52 Å². The van der Waals surface area contributed by atoms with E-state index in [1.165, 1.54) is 12.1 Å². The number of rotatable bonds is 1. The molecule has 0 unspecified atom stereocenters. The Labute approximate surface area is 126 Å². The van der Waals surface area contributed by atoms with Crippen LogP contribution in [0.2, 0.25) is 0 Å². The Morgan fingerprint density at radius 2 is 1.68 bits per heavy atom. The topological polar surface area (TPSA) is 43.1 Å². The van der Waals surface area contributed by atoms with E-state index in [2.05, 4.69) is 15.0 Å². The molecule has 0 fully saturated rings. The Bertz CT molecular complexity index is 1010. The summed E-state index contributed by atoms with van der Waals surface area (Å²) in [7, 11) is 0. The van der Waals surface area contributed by atoms with Gasteiger partial charge in [0.25, 0.3) is 0 Å². The maximum Gasteiger partial charge on any atom is 0.145 e. The van der Waals surface area contributed by atoms with E-state index in [4.69, 9.17) is 0 Å². The fourth-order valence-corrected chi connectivity index (χ4v) is 2.89. The number of halogens is 1. The first-order valence-corrected chi connectivity index (χ1v) is 7.00. The van der Waals surface area contributed by atoms with Gasteiger partial charge in [0.05, 0.1) is 27.9 Å². The third kappa shape index (κ3) is 1.79. The fourth-order valence-electron chi connectivity index (χ4n) is 2.89. The second-order valence-corrected chi connectivity index (χ2v) is 5.27. The van der Waals surface area contributed by atoms with Crippen LogP contribution in [0, 0.1) is 19.7 Å². The number of hydrogen-bond acceptors (Lipinski definition) is 3. The smallest absolute Gasteiger partial charge is 0.145 e. The molecule has 0 spiro atoms. The van der Waals surface area contributed by atoms with Crippen molar-refractivity contribution < 1.29 is 4.39 Å². The molecule has 4 aromatic rings. The second kappa shape index (κ2) is 4.59. The van der Waals surface area contributed by atoms with Gasteiger partial charge in [0.15, 0.2) is 0 Å². The van der Waals surface area contributed by atoms with Crippen molar-refractivity contribution >= 4 is 16.6 Å². The van der Waals surface area contributed by atoms with Gasteiger partial charge in [-0.3, -0.25) is 9.38 Å². The van der Waals surface area contributed by atoms with Gasteiger partial charge in [0, 0.05) is 24.0 Å². The molecule has 3 heterocycles. The average Bonchev–Trinajstić information content (AvgIpc) is 2.88. The molecule has 0 bridgehead atoms. The van der Waals surface area contributed by atoms with Crippen molar-refractivity contribution in [2.45, 2.75) is 13.8 Å². The number of aryl methyl sites for hydroxylation is 2. The lowest BCUT2D eigenvalue weighted by Gasteiger charge is -2.08. The predicted molar refractivity (Wildman–Crippen MR) is 83.2 cm³/mol. The van der Waals surface area contributed by atoms with E-state index >= 15 is 0 Å². The van der Waals surface area contributed by atoms with Crippen LogP contribution in [0.4, 0.5) is 4.39 Å². The van der Waals surface area contributed by atoms with Crippen molar-refractivity contribution in [2.75, 3.05) is 0 Å². The second-order valence-electron chi connectivity index (χ2n) is 5.27. The maximum atomic E-state index is 13.7. The van der Waals surface area contributed by atoms with E-state index in [1.54, 1.807) is 18.5 Å². The van der Waals surface area contributed by atoms with Crippen LogP contribution in [0.1, 0.15) is 11.4 Å². The molecule has 0 aliphatic carbocycles. The van der Waals surface area contributed by atoms with Crippen LogP contribution in [-0.4, -0.2) is 19.4 Å². The van der Waals surface area contributed by atoms with Crippen molar-refractivity contribution in [3.63, 3.8) is 0 Å². The molecule has 4 rings (SSSR count). The molecule has 0 saturated carbocycles. The highest BCUT2D eigenvalue weighted by atomic mass is 19.1. The molecule has 5 heteroatoms. The Morgan fingerprint density at radius 1 is 0.955 bits per heavy atom. The van der Waals surface area contributed by atoms with Crippen molar-refractivity contribution in [2.24, 2.45) is 0 Å². The molecule has 0 saturated heterocycles. The lowest BCUT2D eigenvalue weighted by molar-refractivity contribution is 0.629. The summed E-state index contributed by atoms with van der Waals surface area (Å²) in [6.07, 6.45) is 3.45. The summed E-state index contributed by atoms with van der Waals surface area (Å²) in [6.45, 7) is 3.89. The third-order valence-corrected chi connectivity index (χ3v) is 3.80. The van der Waals surface area contributed by atoms with E-state index in [0.717, 1.165) is 33.8 Å². The zero-order chi connectivity index (χ0) is 15.3. The summed E-state index contributed by atoms with van der Waals surface area (Å²) in [5.74, 6) is 0.488. The highest BCUT2D eigenvalue weighted by molar-refractivity contribution is 5.83. The molecule has 0 amide bonds. The average molecular weight is 292 g/mol. The van der Waals surface area contributed by atoms with E-state index < -0.39 is 0 Å². The third-order valence-electron chi connectivity index (χ3n) is 3.80. The summed E-state index contributed by atoms with van der Waals surface area (Å²) < 4.78 is 15.7. The van der Waals surface area contributed by atoms with Gasteiger partial charge in [0.2, 0.25) is 0 Å². The Kier molecular flexibility index (Phi) is 2.69. The minimum absolute atomic E-state index is 0.286. The fraction of sp³-hybridized carbons (Fsp3) is 0.118. The lowest BCUT2D eigenvalue weighted by Crippen LogP contribution is -1.98. The molecule has 22 heavy (non-hydrogen) atoms. The number of nitrogens with zero attached hydrogens (tertiary/aromatic N) is 4. The van der Waals surface area contributed by atoms with Gasteiger partial charge in [-0.1, -0.05) is 0 Å². The van der Waals surface area contributed by atoms with Crippen LogP contribution in [0.25, 0.3) is 27.9 Å². The number of imidazole rings is 1. The molecular weight excluding hydrogens is 279 g/mol. The quantitative estimate of drug-likeness (QED) is 0.537. The highest BCUT2D eigenvalue weighted by Gasteiger charge is 2.16. The molecule has 0 aliphatic heterocycles. The number of fused-ring (bicyclic) bond motifs is 3. The van der Waals surface area contributed by atoms with Gasteiger partial charge in [-0.05, 0) is 38.1 Å². The lowest BCUT2D eigenvalue weighted by atomic mass is 10.2. The maximum absolute atomic E-state index is 13.7. The highest BCUT2D eigenvalue weighted by Crippen LogP contribution is 2.28. The summed E-state index contributed by atoms with van der Waals surface area (Å²) in [5, 5.41) is 0. The molecule has 0 atom stereocenters. The van der Waals surface area contributed by atoms with Crippen molar-refractivity contribution in [1.29, 1.82) is 0 Å². The SMILES string of the molecule is Cc1nc(-c2ccncc2)n2c1c(C)nc1ccc(F)cc12. The number of pyridine rings is 1. The van der Waals surface area contributed by atoms with Gasteiger partial charge in [0.1, 0.15) is 11.6 Å². The largest absolute Gasteiger partial charge is 0.289 e. The summed E-state index contributed by atoms with van der Waals surface area (Å²) in [4.78, 5) is 13.3. The first kappa shape index (κ1) is 12.9. The number of benzene rings is 1. The van der Waals surface area contributed by atoms with Gasteiger partial charge in [-0.15, -0.1) is 0 Å². The van der Waals surface area contributed by atoms with Crippen LogP contribution in [0.3, 0.4) is 0 Å². The Balaban J connectivity index is 2.23. The molecule has 0 aliphatic rings. The standard InChI is InChI=1S/C17H13FN4/c1-10-16-11(2)21-17(12-5-7-19-8-6-12)22(16)15-9-13(18)3-4-14(15)20-10/h3-9H,1-2H3. The first-order valence-electron chi connectivity index (χ1n) is 7.00. The van der Waals surface area contributed by atoms with E-state index in [9.17, 15) is 4.39 Å². The number of aromatic nitrogens is 4. The van der Waals surface area contributed by atoms with E-state index in [1.807, 2.05) is 30.4 Å². The van der Waals surface area contributed by atoms with Crippen LogP contribution in [-0.2, 0) is 0 Å².